The lowest BCUT2D eigenvalue weighted by Crippen LogP contribution is -2.43. The fourth-order valence-electron chi connectivity index (χ4n) is 4.53. The Labute approximate surface area is 195 Å². The number of carbonyl (C=O) groups excluding carboxylic acids is 1. The molecule has 2 atom stereocenters. The lowest BCUT2D eigenvalue weighted by molar-refractivity contribution is -0.385. The van der Waals surface area contributed by atoms with Crippen LogP contribution in [-0.2, 0) is 0 Å². The highest BCUT2D eigenvalue weighted by Gasteiger charge is 2.41. The standard InChI is InChI=1S/C25H21N5O4/c1-34-23-14-8-6-11-18(23)22-15-21(17-9-3-2-4-10-17)28(25-26-16-27-29(22)25)24(31)19-12-5-7-13-20(19)30(32)33/h2-14,16,21-22H,15H2,1H3/t21-,22-/m0/s1. The Morgan fingerprint density at radius 1 is 1.00 bits per heavy atom. The number of fused-ring (bicyclic) bond motifs is 1. The van der Waals surface area contributed by atoms with Crippen LogP contribution < -0.4 is 9.64 Å². The van der Waals surface area contributed by atoms with Crippen molar-refractivity contribution < 1.29 is 14.5 Å². The van der Waals surface area contributed by atoms with Gasteiger partial charge in [0.05, 0.1) is 24.1 Å². The maximum absolute atomic E-state index is 13.9. The van der Waals surface area contributed by atoms with E-state index < -0.39 is 16.9 Å². The average molecular weight is 455 g/mol. The number of ether oxygens (including phenoxy) is 1. The van der Waals surface area contributed by atoms with Crippen LogP contribution in [0, 0.1) is 10.1 Å². The molecule has 4 aromatic rings. The smallest absolute Gasteiger partial charge is 0.282 e. The van der Waals surface area contributed by atoms with Crippen molar-refractivity contribution in [3.05, 3.63) is 112 Å². The summed E-state index contributed by atoms with van der Waals surface area (Å²) < 4.78 is 7.28. The molecule has 0 spiro atoms. The summed E-state index contributed by atoms with van der Waals surface area (Å²) in [5, 5.41) is 16.1. The van der Waals surface area contributed by atoms with Crippen LogP contribution in [0.4, 0.5) is 11.6 Å². The summed E-state index contributed by atoms with van der Waals surface area (Å²) in [7, 11) is 1.61. The van der Waals surface area contributed by atoms with Gasteiger partial charge in [-0.25, -0.2) is 4.68 Å². The molecule has 1 aromatic heterocycles. The molecule has 3 aromatic carbocycles. The molecule has 0 N–H and O–H groups in total. The van der Waals surface area contributed by atoms with E-state index in [0.717, 1.165) is 11.1 Å². The summed E-state index contributed by atoms with van der Waals surface area (Å²) in [5.41, 5.74) is 1.55. The van der Waals surface area contributed by atoms with Crippen LogP contribution in [0.2, 0.25) is 0 Å². The molecule has 0 radical (unpaired) electrons. The van der Waals surface area contributed by atoms with Crippen LogP contribution in [0.15, 0.2) is 85.2 Å². The second-order valence-corrected chi connectivity index (χ2v) is 7.87. The largest absolute Gasteiger partial charge is 0.496 e. The minimum atomic E-state index is -0.545. The number of aromatic nitrogens is 3. The molecule has 1 aliphatic heterocycles. The maximum Gasteiger partial charge on any atom is 0.282 e. The molecular weight excluding hydrogens is 434 g/mol. The van der Waals surface area contributed by atoms with E-state index in [1.54, 1.807) is 23.9 Å². The Hall–Kier alpha value is -4.53. The van der Waals surface area contributed by atoms with Crippen molar-refractivity contribution in [3.63, 3.8) is 0 Å². The molecule has 1 amide bonds. The third-order valence-corrected chi connectivity index (χ3v) is 6.06. The average Bonchev–Trinajstić information content (AvgIpc) is 3.37. The first kappa shape index (κ1) is 21.3. The summed E-state index contributed by atoms with van der Waals surface area (Å²) in [6, 6.07) is 22.5. The third-order valence-electron chi connectivity index (χ3n) is 6.06. The van der Waals surface area contributed by atoms with Gasteiger partial charge in [-0.3, -0.25) is 19.8 Å². The van der Waals surface area contributed by atoms with Crippen molar-refractivity contribution >= 4 is 17.5 Å². The number of hydrogen-bond donors (Lipinski definition) is 0. The first-order valence-electron chi connectivity index (χ1n) is 10.7. The molecule has 5 rings (SSSR count). The van der Waals surface area contributed by atoms with E-state index in [1.165, 1.54) is 23.4 Å². The summed E-state index contributed by atoms with van der Waals surface area (Å²) in [6.45, 7) is 0. The van der Waals surface area contributed by atoms with Crippen molar-refractivity contribution in [1.82, 2.24) is 14.8 Å². The van der Waals surface area contributed by atoms with Crippen LogP contribution in [-0.4, -0.2) is 32.7 Å². The maximum atomic E-state index is 13.9. The second kappa shape index (κ2) is 8.78. The van der Waals surface area contributed by atoms with Gasteiger partial charge in [-0.15, -0.1) is 0 Å². The van der Waals surface area contributed by atoms with Gasteiger partial charge >= 0.3 is 0 Å². The summed E-state index contributed by atoms with van der Waals surface area (Å²) in [4.78, 5) is 30.9. The number of hydrogen-bond acceptors (Lipinski definition) is 6. The monoisotopic (exact) mass is 455 g/mol. The SMILES string of the molecule is COc1ccccc1[C@@H]1C[C@@H](c2ccccc2)N(C(=O)c2ccccc2[N+](=O)[O-])c2ncnn21. The van der Waals surface area contributed by atoms with Crippen LogP contribution in [0.5, 0.6) is 5.75 Å². The molecule has 0 saturated heterocycles. The fraction of sp³-hybridized carbons (Fsp3) is 0.160. The Morgan fingerprint density at radius 3 is 2.47 bits per heavy atom. The highest BCUT2D eigenvalue weighted by Crippen LogP contribution is 2.44. The van der Waals surface area contributed by atoms with Crippen LogP contribution in [0.25, 0.3) is 0 Å². The predicted molar refractivity (Wildman–Crippen MR) is 125 cm³/mol. The van der Waals surface area contributed by atoms with Crippen LogP contribution in [0.3, 0.4) is 0 Å². The number of carbonyl (C=O) groups is 1. The van der Waals surface area contributed by atoms with Gasteiger partial charge in [-0.2, -0.15) is 10.1 Å². The minimum absolute atomic E-state index is 0.00118. The van der Waals surface area contributed by atoms with Gasteiger partial charge in [0, 0.05) is 11.6 Å². The van der Waals surface area contributed by atoms with E-state index in [-0.39, 0.29) is 17.3 Å². The van der Waals surface area contributed by atoms with Gasteiger partial charge in [-0.05, 0) is 24.1 Å². The molecule has 9 nitrogen and oxygen atoms in total. The molecule has 0 unspecified atom stereocenters. The van der Waals surface area contributed by atoms with Crippen molar-refractivity contribution in [2.75, 3.05) is 12.0 Å². The number of para-hydroxylation sites is 2. The molecule has 170 valence electrons. The van der Waals surface area contributed by atoms with E-state index in [0.29, 0.717) is 18.1 Å². The van der Waals surface area contributed by atoms with E-state index in [2.05, 4.69) is 10.1 Å². The molecule has 2 heterocycles. The number of nitro benzene ring substituents is 1. The number of benzene rings is 3. The first-order valence-corrected chi connectivity index (χ1v) is 10.7. The molecule has 9 heteroatoms. The summed E-state index contributed by atoms with van der Waals surface area (Å²) >= 11 is 0. The highest BCUT2D eigenvalue weighted by atomic mass is 16.6. The molecule has 34 heavy (non-hydrogen) atoms. The number of rotatable bonds is 5. The van der Waals surface area contributed by atoms with Crippen molar-refractivity contribution in [2.45, 2.75) is 18.5 Å². The zero-order valence-electron chi connectivity index (χ0n) is 18.3. The fourth-order valence-corrected chi connectivity index (χ4v) is 4.53. The zero-order chi connectivity index (χ0) is 23.7. The number of nitrogens with zero attached hydrogens (tertiary/aromatic N) is 5. The lowest BCUT2D eigenvalue weighted by Gasteiger charge is -2.39. The van der Waals surface area contributed by atoms with Crippen molar-refractivity contribution in [1.29, 1.82) is 0 Å². The summed E-state index contributed by atoms with van der Waals surface area (Å²) in [6.07, 6.45) is 1.87. The van der Waals surface area contributed by atoms with Crippen molar-refractivity contribution in [2.24, 2.45) is 0 Å². The number of anilines is 1. The molecule has 0 saturated carbocycles. The van der Waals surface area contributed by atoms with Gasteiger partial charge < -0.3 is 4.74 Å². The Kier molecular flexibility index (Phi) is 5.51. The molecule has 0 bridgehead atoms. The van der Waals surface area contributed by atoms with Gasteiger partial charge in [0.2, 0.25) is 5.95 Å². The number of methoxy groups -OCH3 is 1. The number of nitro groups is 1. The van der Waals surface area contributed by atoms with E-state index in [1.807, 2.05) is 54.6 Å². The van der Waals surface area contributed by atoms with Crippen LogP contribution in [0.1, 0.15) is 40.0 Å². The van der Waals surface area contributed by atoms with Crippen molar-refractivity contribution in [3.8, 4) is 5.75 Å². The van der Waals surface area contributed by atoms with E-state index >= 15 is 0 Å². The predicted octanol–water partition coefficient (Wildman–Crippen LogP) is 4.58. The normalized spacial score (nSPS) is 17.1. The van der Waals surface area contributed by atoms with Gasteiger partial charge in [0.1, 0.15) is 17.6 Å². The topological polar surface area (TPSA) is 103 Å². The zero-order valence-corrected chi connectivity index (χ0v) is 18.3. The Bertz CT molecular complexity index is 1350. The first-order chi connectivity index (χ1) is 16.6. The Morgan fingerprint density at radius 2 is 1.71 bits per heavy atom. The minimum Gasteiger partial charge on any atom is -0.496 e. The van der Waals surface area contributed by atoms with Gasteiger partial charge in [0.25, 0.3) is 11.6 Å². The van der Waals surface area contributed by atoms with Crippen LogP contribution >= 0.6 is 0 Å². The quantitative estimate of drug-likeness (QED) is 0.322. The number of amides is 1. The molecule has 0 fully saturated rings. The van der Waals surface area contributed by atoms with E-state index in [9.17, 15) is 14.9 Å². The lowest BCUT2D eigenvalue weighted by atomic mass is 9.91. The van der Waals surface area contributed by atoms with Gasteiger partial charge in [-0.1, -0.05) is 60.7 Å². The third kappa shape index (κ3) is 3.57. The molecule has 0 aliphatic carbocycles. The Balaban J connectivity index is 1.69. The molecular formula is C25H21N5O4. The molecule has 1 aliphatic rings. The van der Waals surface area contributed by atoms with Gasteiger partial charge in [0.15, 0.2) is 0 Å². The second-order valence-electron chi connectivity index (χ2n) is 7.87. The van der Waals surface area contributed by atoms with E-state index in [4.69, 9.17) is 4.74 Å². The highest BCUT2D eigenvalue weighted by molar-refractivity contribution is 6.08. The summed E-state index contributed by atoms with van der Waals surface area (Å²) in [5.74, 6) is 0.521.